The van der Waals surface area contributed by atoms with Gasteiger partial charge in [-0.05, 0) is 24.7 Å². The molecule has 0 spiro atoms. The van der Waals surface area contributed by atoms with Crippen LogP contribution in [0.4, 0.5) is 0 Å². The van der Waals surface area contributed by atoms with Gasteiger partial charge >= 0.3 is 0 Å². The normalized spacial score (nSPS) is 17.0. The summed E-state index contributed by atoms with van der Waals surface area (Å²) in [5, 5.41) is 0. The van der Waals surface area contributed by atoms with Gasteiger partial charge in [-0.25, -0.2) is 0 Å². The molecule has 15 heavy (non-hydrogen) atoms. The zero-order valence-electron chi connectivity index (χ0n) is 8.86. The second-order valence-electron chi connectivity index (χ2n) is 3.28. The maximum Gasteiger partial charge on any atom is 0.218 e. The summed E-state index contributed by atoms with van der Waals surface area (Å²) in [4.78, 5) is 9.13. The van der Waals surface area contributed by atoms with Crippen LogP contribution in [0.15, 0.2) is 20.5 Å². The summed E-state index contributed by atoms with van der Waals surface area (Å²) in [6.45, 7) is 2.80. The molecule has 0 aromatic rings. The van der Waals surface area contributed by atoms with Crippen LogP contribution in [0.3, 0.4) is 0 Å². The maximum absolute atomic E-state index is 5.48. The van der Waals surface area contributed by atoms with Crippen molar-refractivity contribution in [2.45, 2.75) is 19.8 Å². The number of rotatable bonds is 3. The van der Waals surface area contributed by atoms with Crippen LogP contribution in [0.1, 0.15) is 19.8 Å². The Bertz CT molecular complexity index is 314. The van der Waals surface area contributed by atoms with E-state index in [0.717, 1.165) is 12.8 Å². The monoisotopic (exact) mass is 227 g/mol. The first-order valence-corrected chi connectivity index (χ1v) is 5.79. The van der Waals surface area contributed by atoms with Crippen molar-refractivity contribution >= 4 is 23.7 Å². The van der Waals surface area contributed by atoms with E-state index in [9.17, 15) is 0 Å². The second kappa shape index (κ2) is 5.65. The average molecular weight is 227 g/mol. The Kier molecular flexibility index (Phi) is 4.48. The van der Waals surface area contributed by atoms with E-state index >= 15 is 0 Å². The minimum Gasteiger partial charge on any atom is -0.370 e. The van der Waals surface area contributed by atoms with Crippen molar-refractivity contribution in [1.29, 1.82) is 0 Å². The van der Waals surface area contributed by atoms with Gasteiger partial charge in [0.05, 0.1) is 0 Å². The van der Waals surface area contributed by atoms with E-state index in [1.807, 2.05) is 11.8 Å². The van der Waals surface area contributed by atoms with E-state index in [1.165, 1.54) is 16.2 Å². The van der Waals surface area contributed by atoms with Gasteiger partial charge in [-0.3, -0.25) is 4.99 Å². The molecular formula is C9H17N5S. The van der Waals surface area contributed by atoms with Crippen molar-refractivity contribution in [3.8, 4) is 0 Å². The predicted octanol–water partition coefficient (Wildman–Crippen LogP) is 0.376. The molecule has 0 aromatic carbocycles. The van der Waals surface area contributed by atoms with Crippen LogP contribution in [-0.2, 0) is 0 Å². The van der Waals surface area contributed by atoms with Gasteiger partial charge in [0.25, 0.3) is 0 Å². The number of allylic oxidation sites excluding steroid dienone is 1. The quantitative estimate of drug-likeness (QED) is 0.479. The molecule has 5 nitrogen and oxygen atoms in total. The zero-order chi connectivity index (χ0) is 11.3. The highest BCUT2D eigenvalue weighted by atomic mass is 32.2. The molecule has 0 fully saturated rings. The van der Waals surface area contributed by atoms with E-state index in [-0.39, 0.29) is 11.9 Å². The topological polar surface area (TPSA) is 103 Å². The molecular weight excluding hydrogens is 210 g/mol. The molecule has 0 saturated heterocycles. The van der Waals surface area contributed by atoms with Crippen LogP contribution in [0, 0.1) is 0 Å². The van der Waals surface area contributed by atoms with Crippen molar-refractivity contribution in [1.82, 2.24) is 0 Å². The molecule has 0 unspecified atom stereocenters. The number of hydrogen-bond acceptors (Lipinski definition) is 2. The van der Waals surface area contributed by atoms with E-state index in [0.29, 0.717) is 6.54 Å². The fourth-order valence-electron chi connectivity index (χ4n) is 1.38. The summed E-state index contributed by atoms with van der Waals surface area (Å²) in [7, 11) is 0. The lowest BCUT2D eigenvalue weighted by atomic mass is 10.1. The number of guanidine groups is 2. The minimum absolute atomic E-state index is 0.0527. The molecule has 0 radical (unpaired) electrons. The van der Waals surface area contributed by atoms with E-state index in [2.05, 4.69) is 16.9 Å². The number of aliphatic imine (C=N–C) groups is 2. The Morgan fingerprint density at radius 2 is 2.13 bits per heavy atom. The third kappa shape index (κ3) is 4.24. The standard InChI is InChI=1S/C9H17N5S/c1-6-7(3-5-15-6)2-4-13-9(12)14-8(10)11/h2-5H2,1H3,(H6,10,11,12,13,14). The highest BCUT2D eigenvalue weighted by molar-refractivity contribution is 8.03. The fraction of sp³-hybridized carbons (Fsp3) is 0.556. The van der Waals surface area contributed by atoms with Gasteiger partial charge < -0.3 is 17.2 Å². The molecule has 0 aliphatic carbocycles. The van der Waals surface area contributed by atoms with Gasteiger partial charge in [-0.15, -0.1) is 11.8 Å². The first-order valence-electron chi connectivity index (χ1n) is 4.80. The van der Waals surface area contributed by atoms with Crippen molar-refractivity contribution in [3.05, 3.63) is 10.5 Å². The largest absolute Gasteiger partial charge is 0.370 e. The zero-order valence-corrected chi connectivity index (χ0v) is 9.68. The highest BCUT2D eigenvalue weighted by Gasteiger charge is 2.10. The number of nitrogens with two attached hydrogens (primary N) is 3. The molecule has 0 saturated carbocycles. The minimum atomic E-state index is -0.0527. The summed E-state index contributed by atoms with van der Waals surface area (Å²) in [6.07, 6.45) is 2.10. The first kappa shape index (κ1) is 11.9. The summed E-state index contributed by atoms with van der Waals surface area (Å²) in [5.41, 5.74) is 17.3. The van der Waals surface area contributed by atoms with Crippen LogP contribution in [-0.4, -0.2) is 24.2 Å². The van der Waals surface area contributed by atoms with Crippen LogP contribution in [0.2, 0.25) is 0 Å². The Morgan fingerprint density at radius 1 is 1.40 bits per heavy atom. The van der Waals surface area contributed by atoms with E-state index in [1.54, 1.807) is 0 Å². The maximum atomic E-state index is 5.48. The molecule has 0 amide bonds. The molecule has 6 heteroatoms. The molecule has 6 N–H and O–H groups in total. The summed E-state index contributed by atoms with van der Waals surface area (Å²) < 4.78 is 0. The molecule has 0 bridgehead atoms. The van der Waals surface area contributed by atoms with E-state index in [4.69, 9.17) is 17.2 Å². The van der Waals surface area contributed by atoms with Crippen molar-refractivity contribution in [2.75, 3.05) is 12.3 Å². The first-order chi connectivity index (χ1) is 7.09. The number of thioether (sulfide) groups is 1. The van der Waals surface area contributed by atoms with Gasteiger partial charge in [0, 0.05) is 12.3 Å². The smallest absolute Gasteiger partial charge is 0.218 e. The van der Waals surface area contributed by atoms with Gasteiger partial charge in [0.1, 0.15) is 0 Å². The van der Waals surface area contributed by atoms with E-state index < -0.39 is 0 Å². The number of hydrogen-bond donors (Lipinski definition) is 3. The summed E-state index contributed by atoms with van der Waals surface area (Å²) in [5.74, 6) is 1.29. The van der Waals surface area contributed by atoms with Gasteiger partial charge in [0.2, 0.25) is 5.96 Å². The summed E-state index contributed by atoms with van der Waals surface area (Å²) in [6, 6.07) is 0. The van der Waals surface area contributed by atoms with Crippen LogP contribution in [0.25, 0.3) is 0 Å². The lowest BCUT2D eigenvalue weighted by Gasteiger charge is -2.00. The van der Waals surface area contributed by atoms with Crippen LogP contribution < -0.4 is 17.2 Å². The van der Waals surface area contributed by atoms with Crippen LogP contribution in [0.5, 0.6) is 0 Å². The van der Waals surface area contributed by atoms with Gasteiger partial charge in [-0.1, -0.05) is 5.57 Å². The summed E-state index contributed by atoms with van der Waals surface area (Å²) >= 11 is 1.91. The second-order valence-corrected chi connectivity index (χ2v) is 4.59. The molecule has 1 aliphatic rings. The van der Waals surface area contributed by atoms with Gasteiger partial charge in [0.15, 0.2) is 5.96 Å². The van der Waals surface area contributed by atoms with Crippen LogP contribution >= 0.6 is 11.8 Å². The van der Waals surface area contributed by atoms with Gasteiger partial charge in [-0.2, -0.15) is 4.99 Å². The Hall–Kier alpha value is -1.17. The molecule has 1 aliphatic heterocycles. The highest BCUT2D eigenvalue weighted by Crippen LogP contribution is 2.32. The molecule has 1 rings (SSSR count). The number of nitrogens with zero attached hydrogens (tertiary/aromatic N) is 2. The Morgan fingerprint density at radius 3 is 2.67 bits per heavy atom. The Balaban J connectivity index is 2.38. The Labute approximate surface area is 93.9 Å². The third-order valence-corrected chi connectivity index (χ3v) is 3.28. The third-order valence-electron chi connectivity index (χ3n) is 2.15. The average Bonchev–Trinajstić information content (AvgIpc) is 2.50. The SMILES string of the molecule is CC1=C(CCN=C(N)N=C(N)N)CCS1. The molecule has 84 valence electrons. The predicted molar refractivity (Wildman–Crippen MR) is 66.7 cm³/mol. The molecule has 0 aromatic heterocycles. The molecule has 0 atom stereocenters. The fourth-order valence-corrected chi connectivity index (χ4v) is 2.44. The van der Waals surface area contributed by atoms with Crippen molar-refractivity contribution in [3.63, 3.8) is 0 Å². The lowest BCUT2D eigenvalue weighted by molar-refractivity contribution is 0.899. The van der Waals surface area contributed by atoms with Crippen molar-refractivity contribution in [2.24, 2.45) is 27.2 Å². The lowest BCUT2D eigenvalue weighted by Crippen LogP contribution is -2.26. The van der Waals surface area contributed by atoms with Crippen molar-refractivity contribution < 1.29 is 0 Å². The molecule has 1 heterocycles.